The zero-order valence-electron chi connectivity index (χ0n) is 21.8. The summed E-state index contributed by atoms with van der Waals surface area (Å²) >= 11 is 0. The van der Waals surface area contributed by atoms with Crippen molar-refractivity contribution < 1.29 is 28.4 Å². The van der Waals surface area contributed by atoms with Crippen molar-refractivity contribution in [3.05, 3.63) is 36.1 Å². The molecule has 3 N–H and O–H groups in total. The van der Waals surface area contributed by atoms with Crippen molar-refractivity contribution in [3.8, 4) is 0 Å². The van der Waals surface area contributed by atoms with E-state index in [1.54, 1.807) is 19.1 Å². The lowest BCUT2D eigenvalue weighted by molar-refractivity contribution is -0.151. The van der Waals surface area contributed by atoms with E-state index in [2.05, 4.69) is 16.1 Å². The van der Waals surface area contributed by atoms with E-state index >= 15 is 0 Å². The molecule has 204 valence electrons. The Morgan fingerprint density at radius 3 is 2.55 bits per heavy atom. The molecular weight excluding hydrogens is 488 g/mol. The summed E-state index contributed by atoms with van der Waals surface area (Å²) in [6, 6.07) is 7.91. The van der Waals surface area contributed by atoms with Gasteiger partial charge in [-0.1, -0.05) is 57.2 Å². The lowest BCUT2D eigenvalue weighted by Crippen LogP contribution is -2.58. The third-order valence-corrected chi connectivity index (χ3v) is 7.42. The first-order chi connectivity index (χ1) is 18.4. The molecule has 4 amide bonds. The Bertz CT molecular complexity index is 1150. The highest BCUT2D eigenvalue weighted by atomic mass is 16.3. The quantitative estimate of drug-likeness (QED) is 0.341. The molecule has 0 unspecified atom stereocenters. The van der Waals surface area contributed by atoms with E-state index in [-0.39, 0.29) is 30.6 Å². The number of nitrogens with zero attached hydrogens (tertiary/aromatic N) is 1. The standard InChI is InChI=1S/C28H36N4O6/c1-2-22(33)28(37)32(17-20-12-8-14-29-25(20)34)31-26(35)21(15-18-9-4-3-5-10-18)30-27(36)24-16-19-11-6-7-13-23(19)38-24/h6-7,11,13,16,18,20-21H,2-5,8-10,12,14-15,17H2,1H3,(H,29,34)(H,30,36)(H,31,35)/t20-,21-/m0/s1. The predicted molar refractivity (Wildman–Crippen MR) is 140 cm³/mol. The molecule has 1 saturated heterocycles. The van der Waals surface area contributed by atoms with Crippen LogP contribution in [-0.4, -0.2) is 53.6 Å². The first-order valence-electron chi connectivity index (χ1n) is 13.6. The molecule has 4 rings (SSSR count). The molecule has 2 heterocycles. The van der Waals surface area contributed by atoms with E-state index in [1.807, 2.05) is 18.2 Å². The Hall–Kier alpha value is -3.69. The lowest BCUT2D eigenvalue weighted by atomic mass is 9.84. The molecule has 0 bridgehead atoms. The third-order valence-electron chi connectivity index (χ3n) is 7.42. The Morgan fingerprint density at radius 2 is 1.84 bits per heavy atom. The van der Waals surface area contributed by atoms with E-state index in [4.69, 9.17) is 4.42 Å². The van der Waals surface area contributed by atoms with Gasteiger partial charge in [-0.15, -0.1) is 0 Å². The van der Waals surface area contributed by atoms with Gasteiger partial charge in [0.15, 0.2) is 5.76 Å². The molecule has 1 aliphatic carbocycles. The molecule has 38 heavy (non-hydrogen) atoms. The minimum Gasteiger partial charge on any atom is -0.451 e. The number of amides is 4. The number of carbonyl (C=O) groups is 5. The summed E-state index contributed by atoms with van der Waals surface area (Å²) in [6.07, 6.45) is 6.80. The fourth-order valence-corrected chi connectivity index (χ4v) is 5.23. The molecule has 2 fully saturated rings. The summed E-state index contributed by atoms with van der Waals surface area (Å²) in [6.45, 7) is 2.00. The molecule has 10 heteroatoms. The second-order valence-corrected chi connectivity index (χ2v) is 10.2. The molecule has 1 saturated carbocycles. The minimum absolute atomic E-state index is 0.0314. The van der Waals surface area contributed by atoms with Crippen molar-refractivity contribution >= 4 is 40.4 Å². The number of nitrogens with one attached hydrogen (secondary N) is 3. The van der Waals surface area contributed by atoms with Crippen LogP contribution in [0.15, 0.2) is 34.7 Å². The normalized spacial score (nSPS) is 18.9. The molecule has 1 aromatic carbocycles. The Kier molecular flexibility index (Phi) is 9.15. The highest BCUT2D eigenvalue weighted by molar-refractivity contribution is 6.36. The van der Waals surface area contributed by atoms with Crippen LogP contribution in [0.5, 0.6) is 0 Å². The SMILES string of the molecule is CCC(=O)C(=O)N(C[C@@H]1CCCNC1=O)NC(=O)[C@H](CC1CCCCC1)NC(=O)c1cc2ccccc2o1. The van der Waals surface area contributed by atoms with E-state index in [9.17, 15) is 24.0 Å². The van der Waals surface area contributed by atoms with Crippen LogP contribution in [0, 0.1) is 11.8 Å². The monoisotopic (exact) mass is 524 g/mol. The summed E-state index contributed by atoms with van der Waals surface area (Å²) in [5.74, 6) is -3.12. The predicted octanol–water partition coefficient (Wildman–Crippen LogP) is 2.87. The van der Waals surface area contributed by atoms with Crippen molar-refractivity contribution in [1.82, 2.24) is 21.1 Å². The summed E-state index contributed by atoms with van der Waals surface area (Å²) in [5, 5.41) is 7.28. The van der Waals surface area contributed by atoms with Gasteiger partial charge in [0.25, 0.3) is 11.8 Å². The first-order valence-corrected chi connectivity index (χ1v) is 13.6. The molecule has 1 aromatic heterocycles. The summed E-state index contributed by atoms with van der Waals surface area (Å²) < 4.78 is 5.68. The Balaban J connectivity index is 1.52. The number of fused-ring (bicyclic) bond motifs is 1. The van der Waals surface area contributed by atoms with Gasteiger partial charge in [0, 0.05) is 18.4 Å². The smallest absolute Gasteiger partial charge is 0.308 e. The van der Waals surface area contributed by atoms with Crippen LogP contribution < -0.4 is 16.1 Å². The minimum atomic E-state index is -0.953. The average Bonchev–Trinajstić information content (AvgIpc) is 3.38. The van der Waals surface area contributed by atoms with Crippen molar-refractivity contribution in [2.24, 2.45) is 11.8 Å². The average molecular weight is 525 g/mol. The van der Waals surface area contributed by atoms with Gasteiger partial charge in [0.05, 0.1) is 12.5 Å². The highest BCUT2D eigenvalue weighted by Gasteiger charge is 2.33. The molecule has 10 nitrogen and oxygen atoms in total. The van der Waals surface area contributed by atoms with E-state index < -0.39 is 35.5 Å². The Labute approximate surface area is 221 Å². The van der Waals surface area contributed by atoms with Crippen LogP contribution in [-0.2, 0) is 19.2 Å². The maximum absolute atomic E-state index is 13.5. The third kappa shape index (κ3) is 6.79. The zero-order valence-corrected chi connectivity index (χ0v) is 21.8. The van der Waals surface area contributed by atoms with Gasteiger partial charge in [0.2, 0.25) is 11.7 Å². The number of hydrazine groups is 1. The van der Waals surface area contributed by atoms with Gasteiger partial charge in [-0.3, -0.25) is 29.4 Å². The van der Waals surface area contributed by atoms with Crippen molar-refractivity contribution in [1.29, 1.82) is 0 Å². The highest BCUT2D eigenvalue weighted by Crippen LogP contribution is 2.28. The number of para-hydroxylation sites is 1. The van der Waals surface area contributed by atoms with E-state index in [1.165, 1.54) is 0 Å². The molecule has 0 spiro atoms. The van der Waals surface area contributed by atoms with Crippen molar-refractivity contribution in [2.45, 2.75) is 70.8 Å². The second-order valence-electron chi connectivity index (χ2n) is 10.2. The molecule has 2 aromatic rings. The number of Topliss-reactive ketones (excluding diaryl/α,β-unsaturated/α-hetero) is 1. The number of ketones is 1. The number of hydrogen-bond donors (Lipinski definition) is 3. The first kappa shape index (κ1) is 27.3. The van der Waals surface area contributed by atoms with Gasteiger partial charge in [-0.2, -0.15) is 0 Å². The zero-order chi connectivity index (χ0) is 27.1. The number of furan rings is 1. The van der Waals surface area contributed by atoms with Crippen LogP contribution in [0.2, 0.25) is 0 Å². The topological polar surface area (TPSA) is 138 Å². The van der Waals surface area contributed by atoms with E-state index in [0.29, 0.717) is 25.0 Å². The van der Waals surface area contributed by atoms with Crippen LogP contribution in [0.1, 0.15) is 75.3 Å². The largest absolute Gasteiger partial charge is 0.451 e. The maximum Gasteiger partial charge on any atom is 0.308 e. The fourth-order valence-electron chi connectivity index (χ4n) is 5.23. The van der Waals surface area contributed by atoms with Crippen LogP contribution in [0.25, 0.3) is 11.0 Å². The van der Waals surface area contributed by atoms with Crippen LogP contribution >= 0.6 is 0 Å². The molecular formula is C28H36N4O6. The van der Waals surface area contributed by atoms with Gasteiger partial charge in [0.1, 0.15) is 11.6 Å². The molecule has 1 aliphatic heterocycles. The summed E-state index contributed by atoms with van der Waals surface area (Å²) in [5.41, 5.74) is 3.13. The lowest BCUT2D eigenvalue weighted by Gasteiger charge is -2.31. The summed E-state index contributed by atoms with van der Waals surface area (Å²) in [7, 11) is 0. The van der Waals surface area contributed by atoms with Gasteiger partial charge >= 0.3 is 5.91 Å². The summed E-state index contributed by atoms with van der Waals surface area (Å²) in [4.78, 5) is 64.2. The number of benzene rings is 1. The molecule has 2 atom stereocenters. The van der Waals surface area contributed by atoms with Crippen molar-refractivity contribution in [3.63, 3.8) is 0 Å². The van der Waals surface area contributed by atoms with Crippen molar-refractivity contribution in [2.75, 3.05) is 13.1 Å². The number of piperidine rings is 1. The fraction of sp³-hybridized carbons (Fsp3) is 0.536. The van der Waals surface area contributed by atoms with Gasteiger partial charge < -0.3 is 15.1 Å². The van der Waals surface area contributed by atoms with Gasteiger partial charge in [-0.25, -0.2) is 5.01 Å². The second kappa shape index (κ2) is 12.7. The Morgan fingerprint density at radius 1 is 1.08 bits per heavy atom. The van der Waals surface area contributed by atoms with E-state index in [0.717, 1.165) is 48.9 Å². The van der Waals surface area contributed by atoms with Gasteiger partial charge in [-0.05, 0) is 37.3 Å². The number of carbonyl (C=O) groups excluding carboxylic acids is 5. The maximum atomic E-state index is 13.5. The van der Waals surface area contributed by atoms with Crippen LogP contribution in [0.3, 0.4) is 0 Å². The van der Waals surface area contributed by atoms with Crippen LogP contribution in [0.4, 0.5) is 0 Å². The number of hydrogen-bond acceptors (Lipinski definition) is 6. The molecule has 0 radical (unpaired) electrons. The number of rotatable bonds is 9. The molecule has 2 aliphatic rings.